The number of hydrogen-bond donors (Lipinski definition) is 2. The van der Waals surface area contributed by atoms with Crippen molar-refractivity contribution in [1.82, 2.24) is 0 Å². The molecule has 0 atom stereocenters. The number of halogens is 2. The Morgan fingerprint density at radius 1 is 1.00 bits per heavy atom. The molecule has 1 heterocycles. The van der Waals surface area contributed by atoms with E-state index in [2.05, 4.69) is 10.6 Å². The van der Waals surface area contributed by atoms with Crippen molar-refractivity contribution in [2.75, 3.05) is 24.0 Å². The van der Waals surface area contributed by atoms with Crippen LogP contribution in [0.3, 0.4) is 0 Å². The highest BCUT2D eigenvalue weighted by molar-refractivity contribution is 6.35. The molecule has 23 heavy (non-hydrogen) atoms. The lowest BCUT2D eigenvalue weighted by Crippen LogP contribution is -2.16. The molecule has 1 aliphatic rings. The van der Waals surface area contributed by atoms with Crippen molar-refractivity contribution in [3.63, 3.8) is 0 Å². The molecule has 0 aromatic heterocycles. The molecule has 2 aromatic carbocycles. The minimum Gasteiger partial charge on any atom is -0.454 e. The molecule has 0 saturated heterocycles. The molecule has 2 N–H and O–H groups in total. The number of amides is 1. The zero-order valence-corrected chi connectivity index (χ0v) is 13.6. The number of benzene rings is 2. The van der Waals surface area contributed by atoms with Crippen molar-refractivity contribution in [2.24, 2.45) is 0 Å². The normalized spacial score (nSPS) is 12.1. The Kier molecular flexibility index (Phi) is 4.79. The molecule has 0 unspecified atom stereocenters. The second kappa shape index (κ2) is 6.98. The highest BCUT2D eigenvalue weighted by Gasteiger charge is 2.14. The summed E-state index contributed by atoms with van der Waals surface area (Å²) in [5.74, 6) is 1.21. The third-order valence-corrected chi connectivity index (χ3v) is 3.64. The smallest absolute Gasteiger partial charge is 0.231 e. The molecule has 0 radical (unpaired) electrons. The Labute approximate surface area is 143 Å². The average Bonchev–Trinajstić information content (AvgIpc) is 2.93. The first-order valence-corrected chi connectivity index (χ1v) is 7.75. The number of ether oxygens (including phenoxy) is 2. The van der Waals surface area contributed by atoms with Gasteiger partial charge in [-0.05, 0) is 30.3 Å². The van der Waals surface area contributed by atoms with Crippen LogP contribution in [0.2, 0.25) is 10.0 Å². The van der Waals surface area contributed by atoms with E-state index in [-0.39, 0.29) is 12.7 Å². The number of rotatable bonds is 5. The van der Waals surface area contributed by atoms with Gasteiger partial charge >= 0.3 is 0 Å². The molecule has 0 saturated carbocycles. The quantitative estimate of drug-likeness (QED) is 0.847. The van der Waals surface area contributed by atoms with E-state index in [1.165, 1.54) is 0 Å². The molecule has 0 bridgehead atoms. The third-order valence-electron chi connectivity index (χ3n) is 3.20. The van der Waals surface area contributed by atoms with Crippen LogP contribution in [0, 0.1) is 0 Å². The summed E-state index contributed by atoms with van der Waals surface area (Å²) in [4.78, 5) is 12.0. The van der Waals surface area contributed by atoms with Crippen LogP contribution in [-0.2, 0) is 4.79 Å². The lowest BCUT2D eigenvalue weighted by molar-refractivity contribution is -0.115. The van der Waals surface area contributed by atoms with Gasteiger partial charge in [0.15, 0.2) is 11.5 Å². The van der Waals surface area contributed by atoms with Crippen LogP contribution < -0.4 is 20.1 Å². The van der Waals surface area contributed by atoms with E-state index in [0.29, 0.717) is 40.2 Å². The summed E-state index contributed by atoms with van der Waals surface area (Å²) >= 11 is 11.8. The van der Waals surface area contributed by atoms with Crippen LogP contribution in [-0.4, -0.2) is 19.2 Å². The van der Waals surface area contributed by atoms with Gasteiger partial charge in [-0.2, -0.15) is 0 Å². The molecule has 1 amide bonds. The highest BCUT2D eigenvalue weighted by atomic mass is 35.5. The number of carbonyl (C=O) groups is 1. The summed E-state index contributed by atoms with van der Waals surface area (Å²) in [6, 6.07) is 10.4. The maximum absolute atomic E-state index is 12.0. The van der Waals surface area contributed by atoms with E-state index >= 15 is 0 Å². The summed E-state index contributed by atoms with van der Waals surface area (Å²) in [6.45, 7) is 0.673. The van der Waals surface area contributed by atoms with E-state index in [1.54, 1.807) is 36.4 Å². The number of anilines is 2. The molecule has 3 rings (SSSR count). The average molecular weight is 353 g/mol. The maximum atomic E-state index is 12.0. The van der Waals surface area contributed by atoms with Gasteiger partial charge in [0.25, 0.3) is 0 Å². The second-order valence-corrected chi connectivity index (χ2v) is 5.82. The summed E-state index contributed by atoms with van der Waals surface area (Å²) in [5, 5.41) is 7.02. The van der Waals surface area contributed by atoms with E-state index in [4.69, 9.17) is 32.7 Å². The van der Waals surface area contributed by atoms with Crippen LogP contribution in [0.4, 0.5) is 11.4 Å². The van der Waals surface area contributed by atoms with Crippen LogP contribution in [0.5, 0.6) is 11.5 Å². The number of fused-ring (bicyclic) bond motifs is 1. The molecule has 0 spiro atoms. The fourth-order valence-corrected chi connectivity index (χ4v) is 2.70. The standard InChI is InChI=1S/C16H14Cl2N2O3/c17-10-5-11(18)7-13(6-10)19-4-3-16(21)20-12-1-2-14-15(8-12)23-9-22-14/h1-2,5-8,19H,3-4,9H2,(H,20,21). The van der Waals surface area contributed by atoms with Gasteiger partial charge in [0.1, 0.15) is 0 Å². The minimum atomic E-state index is -0.107. The predicted molar refractivity (Wildman–Crippen MR) is 90.8 cm³/mol. The molecule has 120 valence electrons. The van der Waals surface area contributed by atoms with Gasteiger partial charge in [0.2, 0.25) is 12.7 Å². The first-order chi connectivity index (χ1) is 11.1. The van der Waals surface area contributed by atoms with Gasteiger partial charge in [0.05, 0.1) is 0 Å². The predicted octanol–water partition coefficient (Wildman–Crippen LogP) is 4.16. The molecular formula is C16H14Cl2N2O3. The highest BCUT2D eigenvalue weighted by Crippen LogP contribution is 2.34. The molecule has 0 aliphatic carbocycles. The van der Waals surface area contributed by atoms with Gasteiger partial charge < -0.3 is 20.1 Å². The second-order valence-electron chi connectivity index (χ2n) is 4.95. The first kappa shape index (κ1) is 15.8. The SMILES string of the molecule is O=C(CCNc1cc(Cl)cc(Cl)c1)Nc1ccc2c(c1)OCO2. The summed E-state index contributed by atoms with van der Waals surface area (Å²) in [6.07, 6.45) is 0.304. The van der Waals surface area contributed by atoms with Crippen LogP contribution in [0.25, 0.3) is 0 Å². The molecule has 0 fully saturated rings. The van der Waals surface area contributed by atoms with E-state index < -0.39 is 0 Å². The minimum absolute atomic E-state index is 0.107. The third kappa shape index (κ3) is 4.21. The Morgan fingerprint density at radius 2 is 1.74 bits per heavy atom. The van der Waals surface area contributed by atoms with Crippen LogP contribution >= 0.6 is 23.2 Å². The van der Waals surface area contributed by atoms with Crippen LogP contribution in [0.1, 0.15) is 6.42 Å². The van der Waals surface area contributed by atoms with Crippen molar-refractivity contribution < 1.29 is 14.3 Å². The van der Waals surface area contributed by atoms with Gasteiger partial charge in [-0.25, -0.2) is 0 Å². The Morgan fingerprint density at radius 3 is 2.52 bits per heavy atom. The Bertz CT molecular complexity index is 717. The summed E-state index contributed by atoms with van der Waals surface area (Å²) < 4.78 is 10.5. The van der Waals surface area contributed by atoms with E-state index in [9.17, 15) is 4.79 Å². The van der Waals surface area contributed by atoms with Gasteiger partial charge in [-0.1, -0.05) is 23.2 Å². The van der Waals surface area contributed by atoms with Gasteiger partial charge in [0, 0.05) is 40.5 Å². The van der Waals surface area contributed by atoms with Crippen molar-refractivity contribution >= 4 is 40.5 Å². The number of hydrogen-bond acceptors (Lipinski definition) is 4. The lowest BCUT2D eigenvalue weighted by Gasteiger charge is -2.09. The monoisotopic (exact) mass is 352 g/mol. The molecule has 1 aliphatic heterocycles. The Balaban J connectivity index is 1.50. The number of carbonyl (C=O) groups excluding carboxylic acids is 1. The summed E-state index contributed by atoms with van der Waals surface area (Å²) in [5.41, 5.74) is 1.45. The van der Waals surface area contributed by atoms with Crippen molar-refractivity contribution in [3.8, 4) is 11.5 Å². The number of nitrogens with one attached hydrogen (secondary N) is 2. The molecular weight excluding hydrogens is 339 g/mol. The summed E-state index contributed by atoms with van der Waals surface area (Å²) in [7, 11) is 0. The van der Waals surface area contributed by atoms with E-state index in [0.717, 1.165) is 5.69 Å². The van der Waals surface area contributed by atoms with Crippen molar-refractivity contribution in [1.29, 1.82) is 0 Å². The fourth-order valence-electron chi connectivity index (χ4n) is 2.17. The zero-order chi connectivity index (χ0) is 16.2. The van der Waals surface area contributed by atoms with E-state index in [1.807, 2.05) is 0 Å². The molecule has 5 nitrogen and oxygen atoms in total. The Hall–Kier alpha value is -2.11. The lowest BCUT2D eigenvalue weighted by atomic mass is 10.2. The fraction of sp³-hybridized carbons (Fsp3) is 0.188. The van der Waals surface area contributed by atoms with Gasteiger partial charge in [-0.3, -0.25) is 4.79 Å². The van der Waals surface area contributed by atoms with Crippen LogP contribution in [0.15, 0.2) is 36.4 Å². The topological polar surface area (TPSA) is 59.6 Å². The van der Waals surface area contributed by atoms with Gasteiger partial charge in [-0.15, -0.1) is 0 Å². The first-order valence-electron chi connectivity index (χ1n) is 6.99. The van der Waals surface area contributed by atoms with Crippen molar-refractivity contribution in [3.05, 3.63) is 46.4 Å². The molecule has 2 aromatic rings. The largest absolute Gasteiger partial charge is 0.454 e. The zero-order valence-electron chi connectivity index (χ0n) is 12.1. The van der Waals surface area contributed by atoms with Crippen molar-refractivity contribution in [2.45, 2.75) is 6.42 Å². The molecule has 7 heteroatoms. The maximum Gasteiger partial charge on any atom is 0.231 e.